The van der Waals surface area contributed by atoms with Gasteiger partial charge in [0.1, 0.15) is 0 Å². The second-order valence-electron chi connectivity index (χ2n) is 4.67. The van der Waals surface area contributed by atoms with Crippen LogP contribution in [0.5, 0.6) is 0 Å². The van der Waals surface area contributed by atoms with E-state index in [9.17, 15) is 4.79 Å². The Labute approximate surface area is 125 Å². The molecule has 2 rings (SSSR count). The second kappa shape index (κ2) is 7.88. The first-order valence-corrected chi connectivity index (χ1v) is 6.86. The lowest BCUT2D eigenvalue weighted by molar-refractivity contribution is -0.115. The maximum Gasteiger partial charge on any atom is 0.238 e. The quantitative estimate of drug-likeness (QED) is 0.798. The Balaban J connectivity index is 1.90. The molecule has 1 unspecified atom stereocenters. The lowest BCUT2D eigenvalue weighted by Crippen LogP contribution is -2.31. The Morgan fingerprint density at radius 3 is 2.29 bits per heavy atom. The third-order valence-corrected chi connectivity index (χ3v) is 3.09. The van der Waals surface area contributed by atoms with Crippen molar-refractivity contribution in [3.63, 3.8) is 0 Å². The molecule has 0 aliphatic rings. The third kappa shape index (κ3) is 4.79. The zero-order valence-electron chi connectivity index (χ0n) is 11.8. The predicted molar refractivity (Wildman–Crippen MR) is 85.7 cm³/mol. The summed E-state index contributed by atoms with van der Waals surface area (Å²) in [5.41, 5.74) is 1.88. The largest absolute Gasteiger partial charge is 0.325 e. The molecule has 3 heteroatoms. The van der Waals surface area contributed by atoms with Gasteiger partial charge in [-0.15, -0.1) is 12.3 Å². The maximum atomic E-state index is 11.9. The summed E-state index contributed by atoms with van der Waals surface area (Å²) < 4.78 is 0. The van der Waals surface area contributed by atoms with Crippen LogP contribution in [0.4, 0.5) is 5.69 Å². The molecule has 0 heterocycles. The van der Waals surface area contributed by atoms with Crippen LogP contribution in [0.15, 0.2) is 60.7 Å². The van der Waals surface area contributed by atoms with Gasteiger partial charge < -0.3 is 10.6 Å². The molecule has 2 N–H and O–H groups in total. The molecule has 0 fully saturated rings. The molecule has 2 aromatic carbocycles. The minimum Gasteiger partial charge on any atom is -0.325 e. The van der Waals surface area contributed by atoms with E-state index in [0.29, 0.717) is 6.42 Å². The Bertz CT molecular complexity index is 602. The SMILES string of the molecule is C#CCC(NCC(=O)Nc1ccccc1)c1ccccc1. The summed E-state index contributed by atoms with van der Waals surface area (Å²) >= 11 is 0. The molecule has 21 heavy (non-hydrogen) atoms. The van der Waals surface area contributed by atoms with Crippen LogP contribution in [0.1, 0.15) is 18.0 Å². The number of benzene rings is 2. The molecule has 1 atom stereocenters. The predicted octanol–water partition coefficient (Wildman–Crippen LogP) is 2.98. The number of hydrogen-bond donors (Lipinski definition) is 2. The molecule has 0 saturated carbocycles. The van der Waals surface area contributed by atoms with Crippen molar-refractivity contribution in [3.8, 4) is 12.3 Å². The van der Waals surface area contributed by atoms with Crippen LogP contribution in [0.25, 0.3) is 0 Å². The fraction of sp³-hybridized carbons (Fsp3) is 0.167. The summed E-state index contributed by atoms with van der Waals surface area (Å²) in [6.45, 7) is 0.218. The van der Waals surface area contributed by atoms with Crippen molar-refractivity contribution < 1.29 is 4.79 Å². The van der Waals surface area contributed by atoms with Crippen molar-refractivity contribution in [2.75, 3.05) is 11.9 Å². The summed E-state index contributed by atoms with van der Waals surface area (Å²) in [5.74, 6) is 2.56. The van der Waals surface area contributed by atoms with Gasteiger partial charge in [-0.05, 0) is 17.7 Å². The van der Waals surface area contributed by atoms with Crippen molar-refractivity contribution >= 4 is 11.6 Å². The highest BCUT2D eigenvalue weighted by atomic mass is 16.1. The molecule has 0 aromatic heterocycles. The number of para-hydroxylation sites is 1. The van der Waals surface area contributed by atoms with Gasteiger partial charge in [-0.25, -0.2) is 0 Å². The topological polar surface area (TPSA) is 41.1 Å². The Kier molecular flexibility index (Phi) is 5.57. The molecular formula is C18H18N2O. The fourth-order valence-electron chi connectivity index (χ4n) is 2.05. The average Bonchev–Trinajstić information content (AvgIpc) is 2.53. The summed E-state index contributed by atoms with van der Waals surface area (Å²) in [7, 11) is 0. The van der Waals surface area contributed by atoms with Crippen LogP contribution in [-0.4, -0.2) is 12.5 Å². The van der Waals surface area contributed by atoms with Gasteiger partial charge in [0.05, 0.1) is 6.54 Å². The number of nitrogens with one attached hydrogen (secondary N) is 2. The van der Waals surface area contributed by atoms with Crippen LogP contribution in [0, 0.1) is 12.3 Å². The number of carbonyl (C=O) groups is 1. The molecule has 0 aliphatic heterocycles. The standard InChI is InChI=1S/C18H18N2O/c1-2-9-17(15-10-5-3-6-11-15)19-14-18(21)20-16-12-7-4-8-13-16/h1,3-8,10-13,17,19H,9,14H2,(H,20,21). The van der Waals surface area contributed by atoms with Crippen LogP contribution >= 0.6 is 0 Å². The smallest absolute Gasteiger partial charge is 0.238 e. The highest BCUT2D eigenvalue weighted by molar-refractivity contribution is 5.92. The van der Waals surface area contributed by atoms with E-state index in [1.54, 1.807) is 0 Å². The van der Waals surface area contributed by atoms with Gasteiger partial charge in [-0.3, -0.25) is 4.79 Å². The van der Waals surface area contributed by atoms with E-state index in [4.69, 9.17) is 6.42 Å². The van der Waals surface area contributed by atoms with E-state index in [-0.39, 0.29) is 18.5 Å². The molecule has 106 valence electrons. The van der Waals surface area contributed by atoms with E-state index in [1.165, 1.54) is 0 Å². The monoisotopic (exact) mass is 278 g/mol. The van der Waals surface area contributed by atoms with Gasteiger partial charge in [-0.2, -0.15) is 0 Å². The summed E-state index contributed by atoms with van der Waals surface area (Å²) in [4.78, 5) is 11.9. The van der Waals surface area contributed by atoms with E-state index < -0.39 is 0 Å². The van der Waals surface area contributed by atoms with Crippen molar-refractivity contribution in [1.82, 2.24) is 5.32 Å². The van der Waals surface area contributed by atoms with Gasteiger partial charge in [0, 0.05) is 18.2 Å². The maximum absolute atomic E-state index is 11.9. The molecule has 0 spiro atoms. The van der Waals surface area contributed by atoms with Crippen molar-refractivity contribution in [1.29, 1.82) is 0 Å². The van der Waals surface area contributed by atoms with Crippen LogP contribution in [0.2, 0.25) is 0 Å². The first-order chi connectivity index (χ1) is 10.3. The van der Waals surface area contributed by atoms with E-state index in [1.807, 2.05) is 60.7 Å². The average molecular weight is 278 g/mol. The molecule has 0 aliphatic carbocycles. The first kappa shape index (κ1) is 14.8. The van der Waals surface area contributed by atoms with Gasteiger partial charge in [-0.1, -0.05) is 48.5 Å². The Morgan fingerprint density at radius 2 is 1.67 bits per heavy atom. The molecule has 2 aromatic rings. The summed E-state index contributed by atoms with van der Waals surface area (Å²) in [6.07, 6.45) is 5.95. The number of terminal acetylenes is 1. The third-order valence-electron chi connectivity index (χ3n) is 3.09. The number of carbonyl (C=O) groups excluding carboxylic acids is 1. The fourth-order valence-corrected chi connectivity index (χ4v) is 2.05. The zero-order chi connectivity index (χ0) is 14.9. The molecule has 0 radical (unpaired) electrons. The Morgan fingerprint density at radius 1 is 1.05 bits per heavy atom. The van der Waals surface area contributed by atoms with E-state index in [0.717, 1.165) is 11.3 Å². The Hall–Kier alpha value is -2.57. The highest BCUT2D eigenvalue weighted by Crippen LogP contribution is 2.15. The normalized spacial score (nSPS) is 11.4. The van der Waals surface area contributed by atoms with Crippen molar-refractivity contribution in [2.24, 2.45) is 0 Å². The van der Waals surface area contributed by atoms with Gasteiger partial charge >= 0.3 is 0 Å². The lowest BCUT2D eigenvalue weighted by atomic mass is 10.0. The van der Waals surface area contributed by atoms with Crippen LogP contribution < -0.4 is 10.6 Å². The number of hydrogen-bond acceptors (Lipinski definition) is 2. The van der Waals surface area contributed by atoms with Gasteiger partial charge in [0.15, 0.2) is 0 Å². The molecule has 3 nitrogen and oxygen atoms in total. The van der Waals surface area contributed by atoms with E-state index in [2.05, 4.69) is 16.6 Å². The summed E-state index contributed by atoms with van der Waals surface area (Å²) in [5, 5.41) is 6.04. The number of rotatable bonds is 6. The lowest BCUT2D eigenvalue weighted by Gasteiger charge is -2.16. The van der Waals surface area contributed by atoms with Crippen LogP contribution in [-0.2, 0) is 4.79 Å². The van der Waals surface area contributed by atoms with E-state index >= 15 is 0 Å². The molecule has 1 amide bonds. The second-order valence-corrected chi connectivity index (χ2v) is 4.67. The number of anilines is 1. The number of amides is 1. The molecule has 0 saturated heterocycles. The minimum atomic E-state index is -0.0841. The highest BCUT2D eigenvalue weighted by Gasteiger charge is 2.11. The first-order valence-electron chi connectivity index (χ1n) is 6.86. The van der Waals surface area contributed by atoms with Gasteiger partial charge in [0.25, 0.3) is 0 Å². The van der Waals surface area contributed by atoms with Crippen molar-refractivity contribution in [3.05, 3.63) is 66.2 Å². The summed E-state index contributed by atoms with van der Waals surface area (Å²) in [6, 6.07) is 19.3. The zero-order valence-corrected chi connectivity index (χ0v) is 11.8. The molecule has 0 bridgehead atoms. The van der Waals surface area contributed by atoms with Crippen LogP contribution in [0.3, 0.4) is 0 Å². The van der Waals surface area contributed by atoms with Crippen molar-refractivity contribution in [2.45, 2.75) is 12.5 Å². The van der Waals surface area contributed by atoms with Gasteiger partial charge in [0.2, 0.25) is 5.91 Å². The molecular weight excluding hydrogens is 260 g/mol. The minimum absolute atomic E-state index is 0.0160.